The first-order valence-electron chi connectivity index (χ1n) is 11.3. The van der Waals surface area contributed by atoms with Crippen molar-refractivity contribution < 1.29 is 0 Å². The highest BCUT2D eigenvalue weighted by molar-refractivity contribution is 6.31. The number of nitriles is 3. The lowest BCUT2D eigenvalue weighted by Gasteiger charge is -2.07. The second kappa shape index (κ2) is 7.71. The van der Waals surface area contributed by atoms with Gasteiger partial charge >= 0.3 is 0 Å². The Morgan fingerprint density at radius 3 is 1.40 bits per heavy atom. The van der Waals surface area contributed by atoms with Crippen LogP contribution in [0.2, 0.25) is 0 Å². The minimum absolute atomic E-state index is 0.495. The van der Waals surface area contributed by atoms with Gasteiger partial charge in [-0.05, 0) is 63.2 Å². The van der Waals surface area contributed by atoms with Gasteiger partial charge in [-0.3, -0.25) is 0 Å². The predicted molar refractivity (Wildman–Crippen MR) is 139 cm³/mol. The molecule has 2 aliphatic rings. The summed E-state index contributed by atoms with van der Waals surface area (Å²) in [6.07, 6.45) is 0. The van der Waals surface area contributed by atoms with E-state index in [1.165, 1.54) is 0 Å². The Morgan fingerprint density at radius 1 is 0.543 bits per heavy atom. The van der Waals surface area contributed by atoms with Gasteiger partial charge in [0.25, 0.3) is 0 Å². The lowest BCUT2D eigenvalue weighted by Crippen LogP contribution is -2.08. The molecule has 0 unspecified atom stereocenters. The van der Waals surface area contributed by atoms with E-state index in [9.17, 15) is 15.8 Å². The molecule has 0 aromatic heterocycles. The molecule has 0 atom stereocenters. The topological polar surface area (TPSA) is 71.4 Å². The van der Waals surface area contributed by atoms with E-state index in [0.29, 0.717) is 22.1 Å². The van der Waals surface area contributed by atoms with Crippen molar-refractivity contribution in [2.45, 2.75) is 6.92 Å². The van der Waals surface area contributed by atoms with E-state index in [0.717, 1.165) is 54.8 Å². The molecule has 0 amide bonds. The van der Waals surface area contributed by atoms with Crippen molar-refractivity contribution in [1.82, 2.24) is 0 Å². The molecule has 2 aliphatic carbocycles. The first kappa shape index (κ1) is 20.4. The van der Waals surface area contributed by atoms with Crippen LogP contribution in [0, 0.1) is 34.0 Å². The summed E-state index contributed by atoms with van der Waals surface area (Å²) in [6, 6.07) is 34.8. The van der Waals surface area contributed by atoms with Crippen LogP contribution in [0.15, 0.2) is 84.9 Å². The van der Waals surface area contributed by atoms with Crippen LogP contribution in [0.5, 0.6) is 0 Å². The van der Waals surface area contributed by atoms with Gasteiger partial charge in [-0.15, -0.1) is 0 Å². The molecule has 3 nitrogen and oxygen atoms in total. The summed E-state index contributed by atoms with van der Waals surface area (Å²) in [5.74, 6) is 0. The van der Waals surface area contributed by atoms with Crippen molar-refractivity contribution >= 4 is 27.1 Å². The van der Waals surface area contributed by atoms with Crippen LogP contribution in [-0.2, 0) is 0 Å². The third-order valence-electron chi connectivity index (χ3n) is 6.86. The Morgan fingerprint density at radius 2 is 1.00 bits per heavy atom. The van der Waals surface area contributed by atoms with Crippen LogP contribution in [0.1, 0.15) is 18.1 Å². The van der Waals surface area contributed by atoms with Gasteiger partial charge in [-0.1, -0.05) is 72.8 Å². The maximum Gasteiger partial charge on any atom is 0.0998 e. The third kappa shape index (κ3) is 2.75. The average Bonchev–Trinajstić information content (AvgIpc) is 3.43. The second-order valence-electron chi connectivity index (χ2n) is 8.64. The monoisotopic (exact) mass is 443 g/mol. The van der Waals surface area contributed by atoms with Crippen molar-refractivity contribution in [3.63, 3.8) is 0 Å². The number of fused-ring (bicyclic) bond motifs is 3. The Kier molecular flexibility index (Phi) is 4.50. The third-order valence-corrected chi connectivity index (χ3v) is 6.86. The van der Waals surface area contributed by atoms with Crippen LogP contribution in [0.4, 0.5) is 0 Å². The van der Waals surface area contributed by atoms with Crippen LogP contribution < -0.4 is 5.22 Å². The van der Waals surface area contributed by atoms with E-state index in [1.807, 2.05) is 67.6 Å². The second-order valence-corrected chi connectivity index (χ2v) is 8.64. The van der Waals surface area contributed by atoms with Gasteiger partial charge in [0, 0.05) is 21.6 Å². The standard InChI is InChI=1S/C32H17N3/c1-19(16-33)26-28(20-8-4-2-5-9-20)31-24-14-12-22(17-34)27-23(18-35)13-15-25(30(24)27)32(31)29(26)21-10-6-3-7-11-21/h2-15H,1H3. The van der Waals surface area contributed by atoms with E-state index in [1.54, 1.807) is 0 Å². The van der Waals surface area contributed by atoms with Crippen molar-refractivity contribution in [2.24, 2.45) is 0 Å². The Balaban J connectivity index is 1.99. The largest absolute Gasteiger partial charge is 0.193 e. The van der Waals surface area contributed by atoms with Gasteiger partial charge in [0.1, 0.15) is 0 Å². The summed E-state index contributed by atoms with van der Waals surface area (Å²) in [7, 11) is 0. The van der Waals surface area contributed by atoms with Crippen LogP contribution in [0.25, 0.3) is 60.5 Å². The van der Waals surface area contributed by atoms with Crippen molar-refractivity contribution in [3.8, 4) is 51.6 Å². The predicted octanol–water partition coefficient (Wildman–Crippen LogP) is 7.03. The summed E-state index contributed by atoms with van der Waals surface area (Å²) in [4.78, 5) is 0. The van der Waals surface area contributed by atoms with Gasteiger partial charge in [0.05, 0.1) is 29.3 Å². The fourth-order valence-electron chi connectivity index (χ4n) is 5.48. The normalized spacial score (nSPS) is 10.9. The van der Waals surface area contributed by atoms with E-state index in [4.69, 9.17) is 0 Å². The summed E-state index contributed by atoms with van der Waals surface area (Å²) < 4.78 is 0. The number of hydrogen-bond donors (Lipinski definition) is 0. The van der Waals surface area contributed by atoms with Gasteiger partial charge < -0.3 is 0 Å². The fourth-order valence-corrected chi connectivity index (χ4v) is 5.48. The zero-order valence-electron chi connectivity index (χ0n) is 18.9. The van der Waals surface area contributed by atoms with Gasteiger partial charge in [0.2, 0.25) is 0 Å². The number of nitrogens with zero attached hydrogens (tertiary/aromatic N) is 3. The molecule has 0 saturated carbocycles. The summed E-state index contributed by atoms with van der Waals surface area (Å²) in [5.41, 5.74) is 7.83. The van der Waals surface area contributed by atoms with Crippen molar-refractivity contribution in [3.05, 3.63) is 101 Å². The molecular formula is C32H17N3. The molecule has 3 heteroatoms. The summed E-state index contributed by atoms with van der Waals surface area (Å²) in [5, 5.41) is 34.3. The molecule has 4 aromatic rings. The van der Waals surface area contributed by atoms with Crippen LogP contribution in [0.3, 0.4) is 0 Å². The first-order chi connectivity index (χ1) is 17.2. The molecule has 0 spiro atoms. The van der Waals surface area contributed by atoms with E-state index in [-0.39, 0.29) is 0 Å². The van der Waals surface area contributed by atoms with Gasteiger partial charge in [0.15, 0.2) is 0 Å². The Bertz CT molecular complexity index is 1790. The SMILES string of the molecule is CC(C#N)=c1c(-c2ccccc2)c2c3ccc(C#N)c4c(C#N)ccc(c-2c1-c1ccccc1)c34. The van der Waals surface area contributed by atoms with Gasteiger partial charge in [-0.25, -0.2) is 0 Å². The molecule has 0 heterocycles. The smallest absolute Gasteiger partial charge is 0.0998 e. The molecule has 0 radical (unpaired) electrons. The highest BCUT2D eigenvalue weighted by Crippen LogP contribution is 2.52. The maximum absolute atomic E-state index is 10.0. The quantitative estimate of drug-likeness (QED) is 0.288. The van der Waals surface area contributed by atoms with E-state index < -0.39 is 0 Å². The number of benzene rings is 4. The van der Waals surface area contributed by atoms with Crippen molar-refractivity contribution in [1.29, 1.82) is 15.8 Å². The molecular weight excluding hydrogens is 426 g/mol. The fraction of sp³-hybridized carbons (Fsp3) is 0.0312. The molecule has 0 fully saturated rings. The molecule has 0 aliphatic heterocycles. The lowest BCUT2D eigenvalue weighted by molar-refractivity contribution is 1.49. The van der Waals surface area contributed by atoms with Crippen molar-refractivity contribution in [2.75, 3.05) is 0 Å². The van der Waals surface area contributed by atoms with Crippen LogP contribution >= 0.6 is 0 Å². The zero-order valence-corrected chi connectivity index (χ0v) is 18.9. The molecule has 4 aromatic carbocycles. The minimum Gasteiger partial charge on any atom is -0.193 e. The highest BCUT2D eigenvalue weighted by atomic mass is 14.3. The molecule has 0 N–H and O–H groups in total. The summed E-state index contributed by atoms with van der Waals surface area (Å²) >= 11 is 0. The molecule has 6 rings (SSSR count). The Labute approximate surface area is 202 Å². The molecule has 0 bridgehead atoms. The van der Waals surface area contributed by atoms with E-state index >= 15 is 0 Å². The minimum atomic E-state index is 0.495. The Hall–Kier alpha value is -5.17. The maximum atomic E-state index is 10.0. The highest BCUT2D eigenvalue weighted by Gasteiger charge is 2.30. The zero-order chi connectivity index (χ0) is 24.1. The average molecular weight is 444 g/mol. The number of rotatable bonds is 2. The molecule has 0 saturated heterocycles. The van der Waals surface area contributed by atoms with Crippen LogP contribution in [-0.4, -0.2) is 0 Å². The number of hydrogen-bond acceptors (Lipinski definition) is 3. The summed E-state index contributed by atoms with van der Waals surface area (Å²) in [6.45, 7) is 1.87. The first-order valence-corrected chi connectivity index (χ1v) is 11.3. The lowest BCUT2D eigenvalue weighted by atomic mass is 9.94. The van der Waals surface area contributed by atoms with E-state index in [2.05, 4.69) is 42.5 Å². The molecule has 160 valence electrons. The molecule has 35 heavy (non-hydrogen) atoms. The van der Waals surface area contributed by atoms with Gasteiger partial charge in [-0.2, -0.15) is 15.8 Å².